The van der Waals surface area contributed by atoms with Crippen LogP contribution in [-0.4, -0.2) is 5.91 Å². The smallest absolute Gasteiger partial charge is 0.255 e. The van der Waals surface area contributed by atoms with Crippen LogP contribution in [0.15, 0.2) is 37.7 Å². The third-order valence-electron chi connectivity index (χ3n) is 2.59. The van der Waals surface area contributed by atoms with Gasteiger partial charge in [-0.05, 0) is 56.1 Å². The maximum absolute atomic E-state index is 13.4. The first-order valence-corrected chi connectivity index (χ1v) is 7.88. The van der Waals surface area contributed by atoms with E-state index >= 15 is 0 Å². The molecule has 0 atom stereocenters. The van der Waals surface area contributed by atoms with Crippen LogP contribution in [0, 0.1) is 11.6 Å². The SMILES string of the molecule is Nc1c(F)cc(C(=O)Nc2c(Br)cc(Br)cc2Br)cc1F. The van der Waals surface area contributed by atoms with Crippen LogP contribution in [-0.2, 0) is 0 Å². The molecule has 0 fully saturated rings. The fourth-order valence-corrected chi connectivity index (χ4v) is 4.02. The van der Waals surface area contributed by atoms with Gasteiger partial charge in [-0.15, -0.1) is 0 Å². The number of carbonyl (C=O) groups excluding carboxylic acids is 1. The van der Waals surface area contributed by atoms with Crippen molar-refractivity contribution in [1.29, 1.82) is 0 Å². The molecule has 0 unspecified atom stereocenters. The van der Waals surface area contributed by atoms with Gasteiger partial charge in [0.05, 0.1) is 5.69 Å². The van der Waals surface area contributed by atoms with Crippen LogP contribution in [0.25, 0.3) is 0 Å². The van der Waals surface area contributed by atoms with Crippen LogP contribution in [0.2, 0.25) is 0 Å². The van der Waals surface area contributed by atoms with Crippen molar-refractivity contribution in [3.63, 3.8) is 0 Å². The van der Waals surface area contributed by atoms with Crippen molar-refractivity contribution in [2.45, 2.75) is 0 Å². The second-order valence-corrected chi connectivity index (χ2v) is 6.68. The lowest BCUT2D eigenvalue weighted by atomic mass is 10.1. The number of rotatable bonds is 2. The van der Waals surface area contributed by atoms with Crippen LogP contribution in [0.5, 0.6) is 0 Å². The summed E-state index contributed by atoms with van der Waals surface area (Å²) in [5.41, 5.74) is 4.83. The zero-order valence-corrected chi connectivity index (χ0v) is 14.9. The van der Waals surface area contributed by atoms with Crippen LogP contribution >= 0.6 is 47.8 Å². The molecule has 8 heteroatoms. The van der Waals surface area contributed by atoms with Crippen molar-refractivity contribution in [3.8, 4) is 0 Å². The second kappa shape index (κ2) is 6.41. The number of benzene rings is 2. The highest BCUT2D eigenvalue weighted by atomic mass is 79.9. The monoisotopic (exact) mass is 482 g/mol. The van der Waals surface area contributed by atoms with E-state index in [0.717, 1.165) is 16.6 Å². The number of anilines is 2. The number of nitrogen functional groups attached to an aromatic ring is 1. The third-order valence-corrected chi connectivity index (χ3v) is 4.30. The van der Waals surface area contributed by atoms with Gasteiger partial charge in [0.25, 0.3) is 5.91 Å². The Morgan fingerprint density at radius 2 is 1.48 bits per heavy atom. The molecule has 110 valence electrons. The van der Waals surface area contributed by atoms with Crippen LogP contribution in [0.4, 0.5) is 20.2 Å². The van der Waals surface area contributed by atoms with Gasteiger partial charge in [0, 0.05) is 19.0 Å². The molecule has 2 rings (SSSR count). The molecule has 0 spiro atoms. The molecule has 0 saturated heterocycles. The Labute approximate surface area is 144 Å². The Bertz CT molecular complexity index is 691. The Morgan fingerprint density at radius 1 is 1.00 bits per heavy atom. The molecule has 0 radical (unpaired) electrons. The summed E-state index contributed by atoms with van der Waals surface area (Å²) >= 11 is 9.89. The van der Waals surface area contributed by atoms with Gasteiger partial charge in [-0.25, -0.2) is 8.78 Å². The van der Waals surface area contributed by atoms with Crippen molar-refractivity contribution < 1.29 is 13.6 Å². The predicted molar refractivity (Wildman–Crippen MR) is 88.3 cm³/mol. The molecule has 0 aliphatic carbocycles. The van der Waals surface area contributed by atoms with Gasteiger partial charge in [-0.3, -0.25) is 4.79 Å². The number of amides is 1. The summed E-state index contributed by atoms with van der Waals surface area (Å²) in [6, 6.07) is 5.22. The molecule has 3 nitrogen and oxygen atoms in total. The maximum atomic E-state index is 13.4. The standard InChI is InChI=1S/C13H7Br3F2N2O/c14-6-3-7(15)12(8(16)4-6)20-13(21)5-1-9(17)11(19)10(18)2-5/h1-4H,19H2,(H,20,21). The lowest BCUT2D eigenvalue weighted by Crippen LogP contribution is -2.14. The van der Waals surface area contributed by atoms with E-state index in [2.05, 4.69) is 53.1 Å². The summed E-state index contributed by atoms with van der Waals surface area (Å²) in [7, 11) is 0. The molecular weight excluding hydrogens is 478 g/mol. The molecule has 0 bridgehead atoms. The second-order valence-electron chi connectivity index (χ2n) is 4.05. The van der Waals surface area contributed by atoms with Crippen LogP contribution in [0.1, 0.15) is 10.4 Å². The molecule has 0 saturated carbocycles. The van der Waals surface area contributed by atoms with Gasteiger partial charge < -0.3 is 11.1 Å². The number of nitrogens with one attached hydrogen (secondary N) is 1. The van der Waals surface area contributed by atoms with E-state index in [9.17, 15) is 13.6 Å². The lowest BCUT2D eigenvalue weighted by Gasteiger charge is -2.11. The first-order valence-electron chi connectivity index (χ1n) is 5.50. The zero-order valence-electron chi connectivity index (χ0n) is 10.2. The normalized spacial score (nSPS) is 10.5. The third kappa shape index (κ3) is 3.61. The van der Waals surface area contributed by atoms with Crippen molar-refractivity contribution in [2.75, 3.05) is 11.1 Å². The van der Waals surface area contributed by atoms with Gasteiger partial charge in [-0.2, -0.15) is 0 Å². The molecule has 2 aromatic carbocycles. The summed E-state index contributed by atoms with van der Waals surface area (Å²) in [6.45, 7) is 0. The highest BCUT2D eigenvalue weighted by Gasteiger charge is 2.16. The number of carbonyl (C=O) groups is 1. The molecule has 0 heterocycles. The minimum Gasteiger partial charge on any atom is -0.394 e. The van der Waals surface area contributed by atoms with E-state index in [1.807, 2.05) is 0 Å². The average Bonchev–Trinajstić information content (AvgIpc) is 2.39. The fourth-order valence-electron chi connectivity index (χ4n) is 1.56. The topological polar surface area (TPSA) is 55.1 Å². The highest BCUT2D eigenvalue weighted by molar-refractivity contribution is 9.11. The van der Waals surface area contributed by atoms with Crippen molar-refractivity contribution >= 4 is 65.1 Å². The molecule has 21 heavy (non-hydrogen) atoms. The van der Waals surface area contributed by atoms with E-state index in [4.69, 9.17) is 5.73 Å². The quantitative estimate of drug-likeness (QED) is 0.584. The molecule has 0 aliphatic heterocycles. The summed E-state index contributed by atoms with van der Waals surface area (Å²) in [5.74, 6) is -2.61. The summed E-state index contributed by atoms with van der Waals surface area (Å²) < 4.78 is 28.8. The van der Waals surface area contributed by atoms with Gasteiger partial charge in [-0.1, -0.05) is 15.9 Å². The summed E-state index contributed by atoms with van der Waals surface area (Å²) in [4.78, 5) is 12.1. The number of nitrogens with two attached hydrogens (primary N) is 1. The fraction of sp³-hybridized carbons (Fsp3) is 0. The van der Waals surface area contributed by atoms with Gasteiger partial charge in [0.1, 0.15) is 17.3 Å². The Hall–Kier alpha value is -0.990. The molecule has 0 aromatic heterocycles. The van der Waals surface area contributed by atoms with Crippen LogP contribution in [0.3, 0.4) is 0 Å². The van der Waals surface area contributed by atoms with Gasteiger partial charge in [0.2, 0.25) is 0 Å². The minimum atomic E-state index is -0.978. The first kappa shape index (κ1) is 16.4. The van der Waals surface area contributed by atoms with Gasteiger partial charge in [0.15, 0.2) is 0 Å². The highest BCUT2D eigenvalue weighted by Crippen LogP contribution is 2.34. The average molecular weight is 485 g/mol. The van der Waals surface area contributed by atoms with E-state index in [-0.39, 0.29) is 5.56 Å². The molecule has 3 N–H and O–H groups in total. The Morgan fingerprint density at radius 3 is 1.95 bits per heavy atom. The molecule has 2 aromatic rings. The van der Waals surface area contributed by atoms with E-state index < -0.39 is 23.2 Å². The Kier molecular flexibility index (Phi) is 5.00. The predicted octanol–water partition coefficient (Wildman–Crippen LogP) is 5.09. The largest absolute Gasteiger partial charge is 0.394 e. The zero-order chi connectivity index (χ0) is 15.7. The van der Waals surface area contributed by atoms with E-state index in [0.29, 0.717) is 14.6 Å². The maximum Gasteiger partial charge on any atom is 0.255 e. The number of halogens is 5. The number of hydrogen-bond donors (Lipinski definition) is 2. The lowest BCUT2D eigenvalue weighted by molar-refractivity contribution is 0.102. The summed E-state index contributed by atoms with van der Waals surface area (Å²) in [6.07, 6.45) is 0. The van der Waals surface area contributed by atoms with Crippen molar-refractivity contribution in [2.24, 2.45) is 0 Å². The molecular formula is C13H7Br3F2N2O. The first-order chi connectivity index (χ1) is 9.79. The Balaban J connectivity index is 2.35. The molecule has 1 amide bonds. The number of hydrogen-bond acceptors (Lipinski definition) is 2. The van der Waals surface area contributed by atoms with E-state index in [1.54, 1.807) is 12.1 Å². The summed E-state index contributed by atoms with van der Waals surface area (Å²) in [5, 5.41) is 2.57. The molecule has 0 aliphatic rings. The van der Waals surface area contributed by atoms with Crippen molar-refractivity contribution in [3.05, 3.63) is 54.9 Å². The van der Waals surface area contributed by atoms with Crippen LogP contribution < -0.4 is 11.1 Å². The van der Waals surface area contributed by atoms with Gasteiger partial charge >= 0.3 is 0 Å². The minimum absolute atomic E-state index is 0.166. The van der Waals surface area contributed by atoms with Crippen molar-refractivity contribution in [1.82, 2.24) is 0 Å². The van der Waals surface area contributed by atoms with E-state index in [1.165, 1.54) is 0 Å².